The Bertz CT molecular complexity index is 1160. The van der Waals surface area contributed by atoms with Crippen molar-refractivity contribution in [1.29, 1.82) is 0 Å². The first kappa shape index (κ1) is 27.6. The number of carbonyl (C=O) groups excluding carboxylic acids is 3. The number of aliphatic hydroxyl groups excluding tert-OH is 1. The Morgan fingerprint density at radius 2 is 1.78 bits per heavy atom. The third-order valence-corrected chi connectivity index (χ3v) is 6.35. The topological polar surface area (TPSA) is 215 Å². The maximum absolute atomic E-state index is 13.4. The van der Waals surface area contributed by atoms with Crippen LogP contribution in [0.1, 0.15) is 31.2 Å². The zero-order valence-corrected chi connectivity index (χ0v) is 20.1. The van der Waals surface area contributed by atoms with Crippen molar-refractivity contribution in [2.24, 2.45) is 5.73 Å². The van der Waals surface area contributed by atoms with Gasteiger partial charge in [0.2, 0.25) is 17.7 Å². The Morgan fingerprint density at radius 3 is 2.46 bits per heavy atom. The quantitative estimate of drug-likeness (QED) is 0.182. The van der Waals surface area contributed by atoms with Crippen molar-refractivity contribution in [3.63, 3.8) is 0 Å². The molecule has 0 radical (unpaired) electrons. The first-order chi connectivity index (χ1) is 17.6. The van der Waals surface area contributed by atoms with Gasteiger partial charge in [-0.3, -0.25) is 19.2 Å². The van der Waals surface area contributed by atoms with E-state index in [2.05, 4.69) is 15.6 Å². The van der Waals surface area contributed by atoms with Gasteiger partial charge in [-0.25, -0.2) is 4.79 Å². The Labute approximate surface area is 212 Å². The lowest BCUT2D eigenvalue weighted by molar-refractivity contribution is -0.150. The van der Waals surface area contributed by atoms with Crippen LogP contribution in [0, 0.1) is 0 Å². The van der Waals surface area contributed by atoms with Crippen LogP contribution in [-0.4, -0.2) is 92.2 Å². The van der Waals surface area contributed by atoms with Crippen molar-refractivity contribution < 1.29 is 39.3 Å². The molecule has 2 aromatic rings. The Kier molecular flexibility index (Phi) is 9.20. The van der Waals surface area contributed by atoms with Crippen molar-refractivity contribution in [3.8, 4) is 0 Å². The second kappa shape index (κ2) is 12.3. The number of rotatable bonds is 12. The van der Waals surface area contributed by atoms with Gasteiger partial charge in [0, 0.05) is 36.5 Å². The van der Waals surface area contributed by atoms with E-state index in [1.807, 2.05) is 24.3 Å². The van der Waals surface area contributed by atoms with Crippen molar-refractivity contribution in [3.05, 3.63) is 36.0 Å². The number of aliphatic hydroxyl groups is 1. The summed E-state index contributed by atoms with van der Waals surface area (Å²) in [5, 5.41) is 33.6. The minimum Gasteiger partial charge on any atom is -0.481 e. The highest BCUT2D eigenvalue weighted by molar-refractivity contribution is 5.95. The number of likely N-dealkylation sites (tertiary alicyclic amines) is 1. The first-order valence-corrected chi connectivity index (χ1v) is 11.9. The molecular formula is C24H31N5O8. The average molecular weight is 518 g/mol. The third-order valence-electron chi connectivity index (χ3n) is 6.35. The summed E-state index contributed by atoms with van der Waals surface area (Å²) in [4.78, 5) is 66.0. The summed E-state index contributed by atoms with van der Waals surface area (Å²) in [7, 11) is 0. The maximum Gasteiger partial charge on any atom is 0.326 e. The average Bonchev–Trinajstić information content (AvgIpc) is 3.52. The molecule has 2 heterocycles. The molecule has 13 nitrogen and oxygen atoms in total. The molecular weight excluding hydrogens is 486 g/mol. The van der Waals surface area contributed by atoms with E-state index in [0.29, 0.717) is 12.0 Å². The second-order valence-corrected chi connectivity index (χ2v) is 8.94. The highest BCUT2D eigenvalue weighted by Crippen LogP contribution is 2.21. The number of para-hydroxylation sites is 1. The number of fused-ring (bicyclic) bond motifs is 1. The summed E-state index contributed by atoms with van der Waals surface area (Å²) in [5.74, 6) is -4.65. The molecule has 1 aliphatic rings. The molecule has 1 aliphatic heterocycles. The number of H-pyrrole nitrogens is 1. The van der Waals surface area contributed by atoms with E-state index in [1.54, 1.807) is 6.20 Å². The number of aromatic amines is 1. The number of carbonyl (C=O) groups is 5. The fourth-order valence-electron chi connectivity index (χ4n) is 4.38. The zero-order chi connectivity index (χ0) is 27.1. The highest BCUT2D eigenvalue weighted by atomic mass is 16.4. The van der Waals surface area contributed by atoms with Crippen LogP contribution in [0.3, 0.4) is 0 Å². The monoisotopic (exact) mass is 517 g/mol. The van der Waals surface area contributed by atoms with Gasteiger partial charge in [-0.2, -0.15) is 0 Å². The number of hydrogen-bond acceptors (Lipinski definition) is 7. The van der Waals surface area contributed by atoms with Gasteiger partial charge in [0.05, 0.1) is 6.61 Å². The van der Waals surface area contributed by atoms with Gasteiger partial charge in [-0.15, -0.1) is 0 Å². The molecule has 4 unspecified atom stereocenters. The van der Waals surface area contributed by atoms with Crippen molar-refractivity contribution in [1.82, 2.24) is 20.5 Å². The zero-order valence-electron chi connectivity index (χ0n) is 20.1. The molecule has 3 amide bonds. The van der Waals surface area contributed by atoms with Crippen LogP contribution in [0.25, 0.3) is 10.9 Å². The van der Waals surface area contributed by atoms with Crippen LogP contribution < -0.4 is 16.4 Å². The molecule has 4 atom stereocenters. The molecule has 1 aromatic carbocycles. The summed E-state index contributed by atoms with van der Waals surface area (Å²) in [6.07, 6.45) is 1.67. The van der Waals surface area contributed by atoms with E-state index in [-0.39, 0.29) is 25.8 Å². The standard InChI is InChI=1S/C24H31N5O8/c25-15(12-30)21(33)28-18(10-13-11-26-16-5-2-1-4-14(13)16)22(34)27-17(7-8-20(31)32)23(35)29-9-3-6-19(29)24(36)37/h1-2,4-5,11,15,17-19,26,30H,3,6-10,12,25H2,(H,27,34)(H,28,33)(H,31,32)(H,36,37). The van der Waals surface area contributed by atoms with E-state index in [0.717, 1.165) is 15.8 Å². The van der Waals surface area contributed by atoms with Gasteiger partial charge in [-0.05, 0) is 30.9 Å². The van der Waals surface area contributed by atoms with Crippen LogP contribution in [-0.2, 0) is 30.4 Å². The number of amides is 3. The van der Waals surface area contributed by atoms with Crippen molar-refractivity contribution in [2.75, 3.05) is 13.2 Å². The molecule has 13 heteroatoms. The Morgan fingerprint density at radius 1 is 1.08 bits per heavy atom. The highest BCUT2D eigenvalue weighted by Gasteiger charge is 2.38. The van der Waals surface area contributed by atoms with Crippen LogP contribution in [0.4, 0.5) is 0 Å². The maximum atomic E-state index is 13.4. The van der Waals surface area contributed by atoms with E-state index in [9.17, 15) is 34.2 Å². The van der Waals surface area contributed by atoms with E-state index in [4.69, 9.17) is 10.8 Å². The number of aliphatic carboxylic acids is 2. The summed E-state index contributed by atoms with van der Waals surface area (Å²) in [5.41, 5.74) is 7.10. The van der Waals surface area contributed by atoms with Gasteiger partial charge >= 0.3 is 11.9 Å². The number of nitrogens with zero attached hydrogens (tertiary/aromatic N) is 1. The molecule has 0 saturated carbocycles. The molecule has 0 spiro atoms. The summed E-state index contributed by atoms with van der Waals surface area (Å²) in [6, 6.07) is 2.40. The van der Waals surface area contributed by atoms with E-state index >= 15 is 0 Å². The predicted molar refractivity (Wildman–Crippen MR) is 130 cm³/mol. The van der Waals surface area contributed by atoms with Crippen molar-refractivity contribution >= 4 is 40.6 Å². The number of nitrogens with one attached hydrogen (secondary N) is 3. The number of nitrogens with two attached hydrogens (primary N) is 1. The minimum atomic E-state index is -1.32. The number of carboxylic acid groups (broad SMARTS) is 2. The Balaban J connectivity index is 1.85. The molecule has 200 valence electrons. The fourth-order valence-corrected chi connectivity index (χ4v) is 4.38. The summed E-state index contributed by atoms with van der Waals surface area (Å²) in [6.45, 7) is -0.491. The first-order valence-electron chi connectivity index (χ1n) is 11.9. The van der Waals surface area contributed by atoms with Gasteiger partial charge in [-0.1, -0.05) is 18.2 Å². The van der Waals surface area contributed by atoms with Gasteiger partial charge in [0.25, 0.3) is 0 Å². The smallest absolute Gasteiger partial charge is 0.326 e. The molecule has 37 heavy (non-hydrogen) atoms. The SMILES string of the molecule is NC(CO)C(=O)NC(Cc1c[nH]c2ccccc12)C(=O)NC(CCC(=O)O)C(=O)N1CCCC1C(=O)O. The van der Waals surface area contributed by atoms with Crippen LogP contribution in [0.2, 0.25) is 0 Å². The van der Waals surface area contributed by atoms with Crippen LogP contribution in [0.15, 0.2) is 30.5 Å². The number of aromatic nitrogens is 1. The van der Waals surface area contributed by atoms with Crippen molar-refractivity contribution in [2.45, 2.75) is 56.3 Å². The predicted octanol–water partition coefficient (Wildman–Crippen LogP) is -1.06. The minimum absolute atomic E-state index is 0.00103. The number of benzene rings is 1. The molecule has 1 fully saturated rings. The van der Waals surface area contributed by atoms with E-state index < -0.39 is 66.9 Å². The number of carboxylic acids is 2. The fraction of sp³-hybridized carbons (Fsp3) is 0.458. The van der Waals surface area contributed by atoms with E-state index in [1.165, 1.54) is 0 Å². The lowest BCUT2D eigenvalue weighted by Crippen LogP contribution is -2.58. The molecule has 1 saturated heterocycles. The normalized spacial score (nSPS) is 17.7. The lowest BCUT2D eigenvalue weighted by Gasteiger charge is -2.28. The summed E-state index contributed by atoms with van der Waals surface area (Å²) < 4.78 is 0. The molecule has 8 N–H and O–H groups in total. The van der Waals surface area contributed by atoms with Gasteiger partial charge in [0.1, 0.15) is 24.2 Å². The third kappa shape index (κ3) is 6.83. The molecule has 0 bridgehead atoms. The molecule has 1 aromatic heterocycles. The van der Waals surface area contributed by atoms with Gasteiger partial charge in [0.15, 0.2) is 0 Å². The summed E-state index contributed by atoms with van der Waals surface area (Å²) >= 11 is 0. The molecule has 3 rings (SSSR count). The largest absolute Gasteiger partial charge is 0.481 e. The van der Waals surface area contributed by atoms with Crippen LogP contribution >= 0.6 is 0 Å². The second-order valence-electron chi connectivity index (χ2n) is 8.94. The lowest BCUT2D eigenvalue weighted by atomic mass is 10.0. The van der Waals surface area contributed by atoms with Crippen LogP contribution in [0.5, 0.6) is 0 Å². The van der Waals surface area contributed by atoms with Gasteiger partial charge < -0.3 is 41.6 Å². The molecule has 0 aliphatic carbocycles. The number of hydrogen-bond donors (Lipinski definition) is 7. The Hall–Kier alpha value is -3.97.